The molecule has 10 rings (SSSR count). The molecule has 9 aromatic rings. The quantitative estimate of drug-likeness (QED) is 0.154. The maximum absolute atomic E-state index is 2.47. The molecule has 0 amide bonds. The van der Waals surface area contributed by atoms with Crippen LogP contribution in [-0.2, 0) is 10.8 Å². The SMILES string of the molecule is CC1(C)CCC(C)(C)c2cc(-c3ccc(N(c4cccc(-c5cc6ccccc6c6ccccc56)c4)c4ccccc4-c4cccc5ccccc45)cc3)ccc21. The number of rotatable bonds is 6. The molecule has 0 fully saturated rings. The third-order valence-electron chi connectivity index (χ3n) is 12.7. The van der Waals surface area contributed by atoms with Crippen molar-refractivity contribution in [2.24, 2.45) is 0 Å². The largest absolute Gasteiger partial charge is 0.310 e. The van der Waals surface area contributed by atoms with E-state index in [1.165, 1.54) is 89.7 Å². The van der Waals surface area contributed by atoms with Crippen LogP contribution in [0.3, 0.4) is 0 Å². The topological polar surface area (TPSA) is 3.24 Å². The van der Waals surface area contributed by atoms with Crippen LogP contribution in [0, 0.1) is 0 Å². The average Bonchev–Trinajstić information content (AvgIpc) is 3.25. The van der Waals surface area contributed by atoms with Gasteiger partial charge < -0.3 is 4.90 Å². The Morgan fingerprint density at radius 3 is 1.75 bits per heavy atom. The lowest BCUT2D eigenvalue weighted by Gasteiger charge is -2.42. The predicted octanol–water partition coefficient (Wildman–Crippen LogP) is 16.0. The van der Waals surface area contributed by atoms with Gasteiger partial charge in [0.25, 0.3) is 0 Å². The lowest BCUT2D eigenvalue weighted by Crippen LogP contribution is -2.33. The number of fused-ring (bicyclic) bond motifs is 5. The van der Waals surface area contributed by atoms with Crippen LogP contribution >= 0.6 is 0 Å². The summed E-state index contributed by atoms with van der Waals surface area (Å²) in [6.45, 7) is 9.62. The molecule has 0 heterocycles. The molecule has 0 atom stereocenters. The zero-order chi connectivity index (χ0) is 38.7. The van der Waals surface area contributed by atoms with Crippen molar-refractivity contribution in [2.45, 2.75) is 51.4 Å². The molecule has 0 aliphatic heterocycles. The first-order valence-corrected chi connectivity index (χ1v) is 20.4. The van der Waals surface area contributed by atoms with Gasteiger partial charge in [-0.1, -0.05) is 179 Å². The van der Waals surface area contributed by atoms with Crippen LogP contribution in [0.5, 0.6) is 0 Å². The van der Waals surface area contributed by atoms with E-state index in [4.69, 9.17) is 0 Å². The van der Waals surface area contributed by atoms with Crippen LogP contribution in [-0.4, -0.2) is 0 Å². The second-order valence-electron chi connectivity index (χ2n) is 17.2. The summed E-state index contributed by atoms with van der Waals surface area (Å²) in [5.41, 5.74) is 14.1. The number of benzene rings is 9. The number of para-hydroxylation sites is 1. The summed E-state index contributed by atoms with van der Waals surface area (Å²) < 4.78 is 0. The van der Waals surface area contributed by atoms with Gasteiger partial charge in [0, 0.05) is 16.9 Å². The summed E-state index contributed by atoms with van der Waals surface area (Å²) >= 11 is 0. The molecule has 0 aromatic heterocycles. The number of hydrogen-bond acceptors (Lipinski definition) is 1. The molecule has 1 nitrogen and oxygen atoms in total. The first-order chi connectivity index (χ1) is 27.7. The molecule has 57 heavy (non-hydrogen) atoms. The van der Waals surface area contributed by atoms with Gasteiger partial charge in [-0.15, -0.1) is 0 Å². The van der Waals surface area contributed by atoms with Crippen molar-refractivity contribution in [3.05, 3.63) is 199 Å². The van der Waals surface area contributed by atoms with Crippen molar-refractivity contribution in [1.29, 1.82) is 0 Å². The maximum atomic E-state index is 2.47. The molecule has 1 aliphatic carbocycles. The molecule has 1 aliphatic rings. The number of nitrogens with zero attached hydrogens (tertiary/aromatic N) is 1. The Balaban J connectivity index is 1.15. The summed E-state index contributed by atoms with van der Waals surface area (Å²) in [5, 5.41) is 7.56. The molecule has 0 radical (unpaired) electrons. The summed E-state index contributed by atoms with van der Waals surface area (Å²) in [4.78, 5) is 2.45. The Hall–Kier alpha value is -6.44. The van der Waals surface area contributed by atoms with Crippen molar-refractivity contribution in [3.8, 4) is 33.4 Å². The Kier molecular flexibility index (Phi) is 8.38. The van der Waals surface area contributed by atoms with Crippen LogP contribution in [0.4, 0.5) is 17.1 Å². The second-order valence-corrected chi connectivity index (χ2v) is 17.2. The smallest absolute Gasteiger partial charge is 0.0540 e. The Morgan fingerprint density at radius 1 is 0.351 bits per heavy atom. The first kappa shape index (κ1) is 35.0. The summed E-state index contributed by atoms with van der Waals surface area (Å²) in [5.74, 6) is 0. The fraction of sp³-hybridized carbons (Fsp3) is 0.143. The number of anilines is 3. The molecule has 276 valence electrons. The van der Waals surface area contributed by atoms with Crippen LogP contribution in [0.25, 0.3) is 65.7 Å². The van der Waals surface area contributed by atoms with Crippen LogP contribution in [0.15, 0.2) is 188 Å². The minimum atomic E-state index is 0.157. The lowest BCUT2D eigenvalue weighted by atomic mass is 9.63. The molecular weight excluding hydrogens is 687 g/mol. The Bertz CT molecular complexity index is 2960. The van der Waals surface area contributed by atoms with E-state index in [0.717, 1.165) is 17.1 Å². The standard InChI is InChI=1S/C56H47N/c1-55(2)33-34-56(3,4)53-37-40(29-32-52(53)55)38-27-30-43(31-28-38)57(54-26-12-11-24-50(54)48-25-14-17-39-15-5-7-20-45(39)48)44-19-13-18-41(35-44)51-36-42-16-6-8-21-46(42)47-22-9-10-23-49(47)51/h5-32,35-37H,33-34H2,1-4H3. The maximum Gasteiger partial charge on any atom is 0.0540 e. The van der Waals surface area contributed by atoms with Crippen LogP contribution in [0.2, 0.25) is 0 Å². The normalized spacial score (nSPS) is 14.5. The van der Waals surface area contributed by atoms with Gasteiger partial charge in [0.15, 0.2) is 0 Å². The van der Waals surface area contributed by atoms with Crippen molar-refractivity contribution in [2.75, 3.05) is 4.90 Å². The van der Waals surface area contributed by atoms with Gasteiger partial charge in [-0.3, -0.25) is 0 Å². The van der Waals surface area contributed by atoms with Crippen molar-refractivity contribution in [1.82, 2.24) is 0 Å². The van der Waals surface area contributed by atoms with E-state index in [1.54, 1.807) is 0 Å². The first-order valence-electron chi connectivity index (χ1n) is 20.4. The number of hydrogen-bond donors (Lipinski definition) is 0. The molecule has 0 saturated carbocycles. The van der Waals surface area contributed by atoms with Crippen LogP contribution in [0.1, 0.15) is 51.7 Å². The summed E-state index contributed by atoms with van der Waals surface area (Å²) in [7, 11) is 0. The fourth-order valence-electron chi connectivity index (χ4n) is 9.46. The lowest BCUT2D eigenvalue weighted by molar-refractivity contribution is 0.332. The van der Waals surface area contributed by atoms with Gasteiger partial charge >= 0.3 is 0 Å². The average molecular weight is 734 g/mol. The molecule has 0 unspecified atom stereocenters. The third-order valence-corrected chi connectivity index (χ3v) is 12.7. The van der Waals surface area contributed by atoms with Gasteiger partial charge in [-0.25, -0.2) is 0 Å². The molecule has 0 saturated heterocycles. The Labute approximate surface area is 336 Å². The minimum Gasteiger partial charge on any atom is -0.310 e. The Morgan fingerprint density at radius 2 is 0.947 bits per heavy atom. The molecule has 0 bridgehead atoms. The fourth-order valence-corrected chi connectivity index (χ4v) is 9.46. The monoisotopic (exact) mass is 733 g/mol. The zero-order valence-electron chi connectivity index (χ0n) is 33.3. The van der Waals surface area contributed by atoms with Gasteiger partial charge in [0.1, 0.15) is 0 Å². The zero-order valence-corrected chi connectivity index (χ0v) is 33.3. The van der Waals surface area contributed by atoms with E-state index in [9.17, 15) is 0 Å². The van der Waals surface area contributed by atoms with Crippen molar-refractivity contribution in [3.63, 3.8) is 0 Å². The van der Waals surface area contributed by atoms with E-state index >= 15 is 0 Å². The van der Waals surface area contributed by atoms with E-state index in [2.05, 4.69) is 221 Å². The predicted molar refractivity (Wildman–Crippen MR) is 245 cm³/mol. The molecule has 9 aromatic carbocycles. The van der Waals surface area contributed by atoms with E-state index < -0.39 is 0 Å². The molecule has 0 spiro atoms. The molecular formula is C56H47N. The van der Waals surface area contributed by atoms with Gasteiger partial charge in [-0.05, 0) is 131 Å². The van der Waals surface area contributed by atoms with E-state index in [1.807, 2.05) is 0 Å². The van der Waals surface area contributed by atoms with E-state index in [-0.39, 0.29) is 10.8 Å². The van der Waals surface area contributed by atoms with Gasteiger partial charge in [-0.2, -0.15) is 0 Å². The highest BCUT2D eigenvalue weighted by Crippen LogP contribution is 2.48. The second kappa shape index (κ2) is 13.6. The van der Waals surface area contributed by atoms with Gasteiger partial charge in [0.2, 0.25) is 0 Å². The molecule has 0 N–H and O–H groups in total. The third kappa shape index (κ3) is 6.10. The minimum absolute atomic E-state index is 0.157. The van der Waals surface area contributed by atoms with Crippen LogP contribution < -0.4 is 4.90 Å². The highest BCUT2D eigenvalue weighted by atomic mass is 15.1. The van der Waals surface area contributed by atoms with E-state index in [0.29, 0.717) is 0 Å². The van der Waals surface area contributed by atoms with Gasteiger partial charge in [0.05, 0.1) is 5.69 Å². The summed E-state index contributed by atoms with van der Waals surface area (Å²) in [6, 6.07) is 69.7. The highest BCUT2D eigenvalue weighted by Gasteiger charge is 2.37. The van der Waals surface area contributed by atoms with Crippen molar-refractivity contribution < 1.29 is 0 Å². The molecule has 1 heteroatoms. The van der Waals surface area contributed by atoms with Crippen molar-refractivity contribution >= 4 is 49.4 Å². The highest BCUT2D eigenvalue weighted by molar-refractivity contribution is 6.14. The summed E-state index contributed by atoms with van der Waals surface area (Å²) in [6.07, 6.45) is 2.42.